The third kappa shape index (κ3) is 3.01. The van der Waals surface area contributed by atoms with Crippen molar-refractivity contribution in [2.75, 3.05) is 33.2 Å². The van der Waals surface area contributed by atoms with Crippen LogP contribution < -0.4 is 4.90 Å². The summed E-state index contributed by atoms with van der Waals surface area (Å²) in [5.41, 5.74) is 5.94. The summed E-state index contributed by atoms with van der Waals surface area (Å²) in [7, 11) is 6.02. The maximum atomic E-state index is 12.9. The zero-order valence-corrected chi connectivity index (χ0v) is 23.7. The van der Waals surface area contributed by atoms with Crippen molar-refractivity contribution >= 4 is 54.4 Å². The number of ether oxygens (including phenoxy) is 2. The number of anilines is 3. The molecule has 6 rings (SSSR count). The number of amides is 4. The molecule has 0 saturated carbocycles. The minimum atomic E-state index is -1.16. The molecular formula is C29H27N3O5Se. The SMILES string of the molecule is COC1(OC)c2cc(C=C3C(=O)N(C)C(=O)N(C)C3=O)[se]c2N2c3ccccc3C(C)(C)c3cccc1c32. The molecule has 194 valence electrons. The third-order valence-electron chi connectivity index (χ3n) is 7.90. The van der Waals surface area contributed by atoms with E-state index in [9.17, 15) is 14.4 Å². The number of carbonyl (C=O) groups excluding carboxylic acids is 3. The number of hydrogen-bond donors (Lipinski definition) is 0. The summed E-state index contributed by atoms with van der Waals surface area (Å²) < 4.78 is 14.2. The molecule has 38 heavy (non-hydrogen) atoms. The molecule has 0 bridgehead atoms. The zero-order chi connectivity index (χ0) is 27.1. The van der Waals surface area contributed by atoms with Crippen LogP contribution in [0.2, 0.25) is 0 Å². The van der Waals surface area contributed by atoms with E-state index < -0.39 is 23.6 Å². The number of likely N-dealkylation sites (N-methyl/N-ethyl adjacent to an activating group) is 2. The van der Waals surface area contributed by atoms with Crippen molar-refractivity contribution in [3.63, 3.8) is 0 Å². The van der Waals surface area contributed by atoms with Crippen LogP contribution in [0.15, 0.2) is 54.1 Å². The van der Waals surface area contributed by atoms with Crippen molar-refractivity contribution in [2.24, 2.45) is 0 Å². The fourth-order valence-corrected chi connectivity index (χ4v) is 8.32. The van der Waals surface area contributed by atoms with Crippen molar-refractivity contribution in [3.8, 4) is 0 Å². The third-order valence-corrected chi connectivity index (χ3v) is 10.1. The normalized spacial score (nSPS) is 18.8. The first-order chi connectivity index (χ1) is 18.1. The number of rotatable bonds is 3. The maximum absolute atomic E-state index is 12.9. The van der Waals surface area contributed by atoms with Gasteiger partial charge in [0.15, 0.2) is 0 Å². The molecule has 0 radical (unpaired) electrons. The van der Waals surface area contributed by atoms with E-state index in [1.54, 1.807) is 20.3 Å². The Balaban J connectivity index is 1.63. The van der Waals surface area contributed by atoms with Gasteiger partial charge in [-0.25, -0.2) is 0 Å². The molecule has 4 heterocycles. The van der Waals surface area contributed by atoms with Gasteiger partial charge in [0, 0.05) is 0 Å². The molecule has 4 amide bonds. The number of nitrogens with zero attached hydrogens (tertiary/aromatic N) is 3. The van der Waals surface area contributed by atoms with Crippen molar-refractivity contribution < 1.29 is 23.9 Å². The zero-order valence-electron chi connectivity index (χ0n) is 22.0. The first-order valence-electron chi connectivity index (χ1n) is 12.2. The monoisotopic (exact) mass is 577 g/mol. The number of para-hydroxylation sites is 2. The first-order valence-corrected chi connectivity index (χ1v) is 13.9. The molecule has 1 fully saturated rings. The predicted octanol–water partition coefficient (Wildman–Crippen LogP) is 4.09. The fraction of sp³-hybridized carbons (Fsp3) is 0.276. The number of hydrogen-bond acceptors (Lipinski definition) is 6. The average molecular weight is 577 g/mol. The first kappa shape index (κ1) is 24.8. The second-order valence-electron chi connectivity index (χ2n) is 10.1. The van der Waals surface area contributed by atoms with Crippen molar-refractivity contribution in [1.82, 2.24) is 9.80 Å². The van der Waals surface area contributed by atoms with Gasteiger partial charge in [0.2, 0.25) is 0 Å². The molecule has 2 aromatic carbocycles. The van der Waals surface area contributed by atoms with Crippen molar-refractivity contribution in [1.29, 1.82) is 0 Å². The van der Waals surface area contributed by atoms with Crippen LogP contribution in [-0.4, -0.2) is 70.5 Å². The van der Waals surface area contributed by atoms with Gasteiger partial charge < -0.3 is 0 Å². The van der Waals surface area contributed by atoms with Gasteiger partial charge >= 0.3 is 227 Å². The van der Waals surface area contributed by atoms with Crippen molar-refractivity contribution in [3.05, 3.63) is 80.8 Å². The van der Waals surface area contributed by atoms with Gasteiger partial charge in [0.05, 0.1) is 0 Å². The van der Waals surface area contributed by atoms with Crippen LogP contribution in [0.5, 0.6) is 0 Å². The Labute approximate surface area is 226 Å². The van der Waals surface area contributed by atoms with Gasteiger partial charge in [0.25, 0.3) is 0 Å². The van der Waals surface area contributed by atoms with E-state index in [-0.39, 0.29) is 25.5 Å². The summed E-state index contributed by atoms with van der Waals surface area (Å²) >= 11 is -0.302. The number of methoxy groups -OCH3 is 2. The molecule has 3 aromatic rings. The molecule has 1 aromatic heterocycles. The molecule has 0 aliphatic carbocycles. The van der Waals surface area contributed by atoms with Gasteiger partial charge in [-0.2, -0.15) is 0 Å². The van der Waals surface area contributed by atoms with E-state index >= 15 is 0 Å². The number of barbiturate groups is 1. The summed E-state index contributed by atoms with van der Waals surface area (Å²) in [6, 6.07) is 15.9. The number of fused-ring (bicyclic) bond motifs is 4. The Morgan fingerprint density at radius 3 is 2.08 bits per heavy atom. The standard InChI is InChI=1S/C29H27N3O5Se/c1-28(2)18-10-7-8-13-22(18)32-23-19(28)11-9-12-20(23)29(36-5,37-6)21-15-16(38-26(21)32)14-17-24(33)30(3)27(35)31(4)25(17)34/h7-15H,1-6H3. The second-order valence-corrected chi connectivity index (χ2v) is 12.4. The van der Waals surface area contributed by atoms with E-state index in [1.807, 2.05) is 24.3 Å². The van der Waals surface area contributed by atoms with Crippen molar-refractivity contribution in [2.45, 2.75) is 25.0 Å². The van der Waals surface area contributed by atoms with Crippen LogP contribution in [0.3, 0.4) is 0 Å². The van der Waals surface area contributed by atoms with Crippen LogP contribution in [-0.2, 0) is 30.3 Å². The summed E-state index contributed by atoms with van der Waals surface area (Å²) in [6.07, 6.45) is 1.61. The quantitative estimate of drug-likeness (QED) is 0.202. The Bertz CT molecular complexity index is 1560. The summed E-state index contributed by atoms with van der Waals surface area (Å²) in [5.74, 6) is -2.38. The van der Waals surface area contributed by atoms with E-state index in [4.69, 9.17) is 9.47 Å². The van der Waals surface area contributed by atoms with Gasteiger partial charge in [-0.1, -0.05) is 0 Å². The summed E-state index contributed by atoms with van der Waals surface area (Å²) in [4.78, 5) is 42.3. The van der Waals surface area contributed by atoms with Gasteiger partial charge in [0.1, 0.15) is 0 Å². The van der Waals surface area contributed by atoms with Gasteiger partial charge in [-0.3, -0.25) is 0 Å². The summed E-state index contributed by atoms with van der Waals surface area (Å²) in [5, 5.41) is 0. The van der Waals surface area contributed by atoms with Gasteiger partial charge in [-0.05, 0) is 0 Å². The molecule has 0 spiro atoms. The van der Waals surface area contributed by atoms with E-state index in [2.05, 4.69) is 43.0 Å². The van der Waals surface area contributed by atoms with Gasteiger partial charge in [-0.15, -0.1) is 0 Å². The molecule has 1 saturated heterocycles. The molecule has 3 aliphatic rings. The Morgan fingerprint density at radius 2 is 1.42 bits per heavy atom. The number of carbonyl (C=O) groups is 3. The second kappa shape index (κ2) is 8.25. The van der Waals surface area contributed by atoms with Crippen LogP contribution in [0.25, 0.3) is 6.08 Å². The Kier molecular flexibility index (Phi) is 5.39. The summed E-state index contributed by atoms with van der Waals surface area (Å²) in [6.45, 7) is 4.46. The molecule has 8 nitrogen and oxygen atoms in total. The molecule has 0 atom stereocenters. The topological polar surface area (TPSA) is 79.4 Å². The molecule has 3 aliphatic heterocycles. The Hall–Kier alpha value is -3.49. The van der Waals surface area contributed by atoms with E-state index in [0.717, 1.165) is 41.3 Å². The molecular weight excluding hydrogens is 549 g/mol. The molecule has 0 N–H and O–H groups in total. The van der Waals surface area contributed by atoms with E-state index in [1.165, 1.54) is 25.2 Å². The average Bonchev–Trinajstić information content (AvgIpc) is 3.35. The Morgan fingerprint density at radius 1 is 0.816 bits per heavy atom. The molecule has 9 heteroatoms. The molecule has 0 unspecified atom stereocenters. The van der Waals surface area contributed by atoms with Crippen LogP contribution in [0.4, 0.5) is 20.7 Å². The van der Waals surface area contributed by atoms with Crippen LogP contribution in [0.1, 0.15) is 40.5 Å². The van der Waals surface area contributed by atoms with E-state index in [0.29, 0.717) is 0 Å². The number of benzene rings is 2. The number of urea groups is 1. The minimum absolute atomic E-state index is 0.0404. The van der Waals surface area contributed by atoms with Crippen LogP contribution in [0, 0.1) is 0 Å². The number of imide groups is 2. The fourth-order valence-electron chi connectivity index (χ4n) is 5.89. The van der Waals surface area contributed by atoms with Crippen LogP contribution >= 0.6 is 0 Å². The predicted molar refractivity (Wildman–Crippen MR) is 144 cm³/mol.